The SMILES string of the molecule is CC[Si](C)(C1=CCC=C1Cc1ccccc1)c1ccccc1. The molecule has 0 saturated heterocycles. The summed E-state index contributed by atoms with van der Waals surface area (Å²) in [4.78, 5) is 0. The summed E-state index contributed by atoms with van der Waals surface area (Å²) >= 11 is 0. The smallest absolute Gasteiger partial charge is 0.0808 e. The lowest BCUT2D eigenvalue weighted by Crippen LogP contribution is -2.46. The Morgan fingerprint density at radius 3 is 2.14 bits per heavy atom. The van der Waals surface area contributed by atoms with Gasteiger partial charge in [-0.2, -0.15) is 0 Å². The fourth-order valence-electron chi connectivity index (χ4n) is 3.48. The normalized spacial score (nSPS) is 16.8. The van der Waals surface area contributed by atoms with E-state index in [0.717, 1.165) is 12.8 Å². The predicted octanol–water partition coefficient (Wildman–Crippen LogP) is 5.03. The summed E-state index contributed by atoms with van der Waals surface area (Å²) in [5, 5.41) is 3.22. The van der Waals surface area contributed by atoms with Gasteiger partial charge in [0.25, 0.3) is 0 Å². The van der Waals surface area contributed by atoms with Gasteiger partial charge in [-0.05, 0) is 24.0 Å². The van der Waals surface area contributed by atoms with Crippen LogP contribution in [0.1, 0.15) is 18.9 Å². The van der Waals surface area contributed by atoms with Crippen LogP contribution in [0.25, 0.3) is 0 Å². The molecule has 0 spiro atoms. The molecular weight excluding hydrogens is 280 g/mol. The van der Waals surface area contributed by atoms with Gasteiger partial charge in [0.15, 0.2) is 0 Å². The van der Waals surface area contributed by atoms with Gasteiger partial charge in [-0.15, -0.1) is 0 Å². The molecule has 3 rings (SSSR count). The van der Waals surface area contributed by atoms with Crippen molar-refractivity contribution in [2.45, 2.75) is 32.4 Å². The molecule has 1 atom stereocenters. The van der Waals surface area contributed by atoms with Crippen molar-refractivity contribution in [3.8, 4) is 0 Å². The molecule has 0 heterocycles. The zero-order valence-electron chi connectivity index (χ0n) is 13.5. The second kappa shape index (κ2) is 6.49. The Balaban J connectivity index is 1.91. The van der Waals surface area contributed by atoms with Crippen LogP contribution in [-0.4, -0.2) is 8.07 Å². The van der Waals surface area contributed by atoms with E-state index in [1.165, 1.54) is 11.6 Å². The maximum absolute atomic E-state index is 2.53. The molecule has 1 aliphatic rings. The van der Waals surface area contributed by atoms with E-state index in [1.54, 1.807) is 16.0 Å². The van der Waals surface area contributed by atoms with Gasteiger partial charge in [0.2, 0.25) is 0 Å². The van der Waals surface area contributed by atoms with Gasteiger partial charge in [-0.3, -0.25) is 0 Å². The molecule has 112 valence electrons. The molecule has 0 fully saturated rings. The second-order valence-electron chi connectivity index (χ2n) is 6.30. The van der Waals surface area contributed by atoms with E-state index < -0.39 is 8.07 Å². The van der Waals surface area contributed by atoms with Gasteiger partial charge in [0, 0.05) is 0 Å². The van der Waals surface area contributed by atoms with Crippen molar-refractivity contribution in [2.24, 2.45) is 0 Å². The third-order valence-corrected chi connectivity index (χ3v) is 9.72. The highest BCUT2D eigenvalue weighted by atomic mass is 28.3. The van der Waals surface area contributed by atoms with Crippen molar-refractivity contribution in [3.63, 3.8) is 0 Å². The highest BCUT2D eigenvalue weighted by Crippen LogP contribution is 2.32. The first-order chi connectivity index (χ1) is 10.7. The molecule has 0 amide bonds. The number of hydrogen-bond acceptors (Lipinski definition) is 0. The Kier molecular flexibility index (Phi) is 4.44. The monoisotopic (exact) mass is 304 g/mol. The van der Waals surface area contributed by atoms with Crippen LogP contribution in [0, 0.1) is 0 Å². The number of benzene rings is 2. The van der Waals surface area contributed by atoms with E-state index >= 15 is 0 Å². The lowest BCUT2D eigenvalue weighted by atomic mass is 10.1. The molecule has 1 heteroatoms. The van der Waals surface area contributed by atoms with E-state index in [9.17, 15) is 0 Å². The van der Waals surface area contributed by atoms with E-state index in [2.05, 4.69) is 86.3 Å². The van der Waals surface area contributed by atoms with Gasteiger partial charge in [-0.1, -0.05) is 103 Å². The van der Waals surface area contributed by atoms with Gasteiger partial charge >= 0.3 is 0 Å². The van der Waals surface area contributed by atoms with Gasteiger partial charge in [0.05, 0.1) is 0 Å². The summed E-state index contributed by atoms with van der Waals surface area (Å²) in [6.07, 6.45) is 7.10. The molecular formula is C21H24Si. The molecule has 0 aromatic heterocycles. The maximum Gasteiger partial charge on any atom is 0.114 e. The molecule has 0 radical (unpaired) electrons. The van der Waals surface area contributed by atoms with Gasteiger partial charge in [-0.25, -0.2) is 0 Å². The van der Waals surface area contributed by atoms with Crippen LogP contribution in [0.5, 0.6) is 0 Å². The molecule has 1 unspecified atom stereocenters. The van der Waals surface area contributed by atoms with Crippen molar-refractivity contribution in [3.05, 3.63) is 89.1 Å². The van der Waals surface area contributed by atoms with Crippen LogP contribution < -0.4 is 5.19 Å². The molecule has 0 saturated carbocycles. The van der Waals surface area contributed by atoms with E-state index in [0.29, 0.717) is 0 Å². The van der Waals surface area contributed by atoms with E-state index in [1.807, 2.05) is 0 Å². The minimum Gasteiger partial charge on any atom is -0.0808 e. The lowest BCUT2D eigenvalue weighted by Gasteiger charge is -2.30. The van der Waals surface area contributed by atoms with Crippen molar-refractivity contribution in [1.29, 1.82) is 0 Å². The Morgan fingerprint density at radius 2 is 1.50 bits per heavy atom. The Morgan fingerprint density at radius 1 is 0.864 bits per heavy atom. The van der Waals surface area contributed by atoms with Crippen LogP contribution in [0.3, 0.4) is 0 Å². The summed E-state index contributed by atoms with van der Waals surface area (Å²) in [6.45, 7) is 4.89. The summed E-state index contributed by atoms with van der Waals surface area (Å²) in [7, 11) is -1.59. The Hall–Kier alpha value is -1.86. The number of allylic oxidation sites excluding steroid dienone is 4. The second-order valence-corrected chi connectivity index (χ2v) is 10.8. The summed E-state index contributed by atoms with van der Waals surface area (Å²) < 4.78 is 0. The molecule has 2 aromatic carbocycles. The Labute approximate surface area is 135 Å². The maximum atomic E-state index is 2.53. The average molecular weight is 305 g/mol. The van der Waals surface area contributed by atoms with Crippen molar-refractivity contribution in [2.75, 3.05) is 0 Å². The highest BCUT2D eigenvalue weighted by molar-refractivity contribution is 6.97. The molecule has 22 heavy (non-hydrogen) atoms. The fourth-order valence-corrected chi connectivity index (χ4v) is 6.97. The minimum atomic E-state index is -1.59. The van der Waals surface area contributed by atoms with Crippen LogP contribution in [-0.2, 0) is 6.42 Å². The molecule has 1 aliphatic carbocycles. The zero-order chi connectivity index (χ0) is 15.4. The molecule has 0 bridgehead atoms. The number of hydrogen-bond donors (Lipinski definition) is 0. The lowest BCUT2D eigenvalue weighted by molar-refractivity contribution is 1.18. The first-order valence-corrected chi connectivity index (χ1v) is 10.9. The molecule has 0 nitrogen and oxygen atoms in total. The zero-order valence-corrected chi connectivity index (χ0v) is 14.5. The molecule has 2 aromatic rings. The summed E-state index contributed by atoms with van der Waals surface area (Å²) in [6, 6.07) is 23.3. The van der Waals surface area contributed by atoms with Gasteiger partial charge in [0.1, 0.15) is 8.07 Å². The minimum absolute atomic E-state index is 1.07. The molecule has 0 aliphatic heterocycles. The topological polar surface area (TPSA) is 0 Å². The van der Waals surface area contributed by atoms with Crippen LogP contribution >= 0.6 is 0 Å². The van der Waals surface area contributed by atoms with Crippen LogP contribution in [0.2, 0.25) is 12.6 Å². The van der Waals surface area contributed by atoms with E-state index in [4.69, 9.17) is 0 Å². The highest BCUT2D eigenvalue weighted by Gasteiger charge is 2.34. The van der Waals surface area contributed by atoms with E-state index in [-0.39, 0.29) is 0 Å². The van der Waals surface area contributed by atoms with Crippen molar-refractivity contribution < 1.29 is 0 Å². The largest absolute Gasteiger partial charge is 0.114 e. The summed E-state index contributed by atoms with van der Waals surface area (Å²) in [5.74, 6) is 0. The van der Waals surface area contributed by atoms with Gasteiger partial charge < -0.3 is 0 Å². The van der Waals surface area contributed by atoms with Crippen molar-refractivity contribution in [1.82, 2.24) is 0 Å². The Bertz CT molecular complexity index is 682. The predicted molar refractivity (Wildman–Crippen MR) is 99.1 cm³/mol. The fraction of sp³-hybridized carbons (Fsp3) is 0.238. The first-order valence-electron chi connectivity index (χ1n) is 8.23. The summed E-state index contributed by atoms with van der Waals surface area (Å²) in [5.41, 5.74) is 2.98. The average Bonchev–Trinajstić information content (AvgIpc) is 3.04. The quantitative estimate of drug-likeness (QED) is 0.680. The van der Waals surface area contributed by atoms with Crippen LogP contribution in [0.15, 0.2) is 83.6 Å². The third kappa shape index (κ3) is 2.86. The number of rotatable bonds is 5. The standard InChI is InChI=1S/C21H24Si/c1-3-22(2,20-14-8-5-9-15-20)21-16-10-13-19(21)17-18-11-6-4-7-12-18/h4-9,11-16H,3,10,17H2,1-2H3. The van der Waals surface area contributed by atoms with Crippen molar-refractivity contribution >= 4 is 13.3 Å². The third-order valence-electron chi connectivity index (χ3n) is 4.98. The van der Waals surface area contributed by atoms with Crippen LogP contribution in [0.4, 0.5) is 0 Å². The molecule has 0 N–H and O–H groups in total. The first kappa shape index (κ1) is 15.0.